The first-order valence-corrected chi connectivity index (χ1v) is 2.85. The van der Waals surface area contributed by atoms with E-state index in [1.165, 1.54) is 0 Å². The van der Waals surface area contributed by atoms with Crippen molar-refractivity contribution in [2.75, 3.05) is 0 Å². The summed E-state index contributed by atoms with van der Waals surface area (Å²) in [7, 11) is -4.67. The minimum absolute atomic E-state index is 0. The minimum atomic E-state index is -4.67. The van der Waals surface area contributed by atoms with E-state index in [9.17, 15) is 0 Å². The maximum atomic E-state index is 8.74. The monoisotopic (exact) mass is 255 g/mol. The Morgan fingerprint density at radius 2 is 0.750 bits per heavy atom. The van der Waals surface area contributed by atoms with Crippen LogP contribution >= 0.6 is 0 Å². The summed E-state index contributed by atoms with van der Waals surface area (Å²) in [5.41, 5.74) is 0. The van der Waals surface area contributed by atoms with Gasteiger partial charge in [0.05, 0.1) is 0 Å². The molecule has 0 aliphatic carbocycles. The van der Waals surface area contributed by atoms with Crippen molar-refractivity contribution in [3.63, 3.8) is 0 Å². The van der Waals surface area contributed by atoms with E-state index < -0.39 is 10.4 Å². The SMILES string of the molecule is O.O.O.O.O.O=S(=O)(O)O.[O]=[V]. The first-order chi connectivity index (χ1) is 3.00. The fraction of sp³-hybridized carbons (Fsp3) is 0. The van der Waals surface area contributed by atoms with Crippen molar-refractivity contribution >= 4 is 10.4 Å². The summed E-state index contributed by atoms with van der Waals surface area (Å²) in [5, 5.41) is 0. The Balaban J connectivity index is -0.00000000671. The van der Waals surface area contributed by atoms with E-state index in [-0.39, 0.29) is 27.4 Å². The van der Waals surface area contributed by atoms with Crippen molar-refractivity contribution in [2.45, 2.75) is 0 Å². The van der Waals surface area contributed by atoms with Gasteiger partial charge in [-0.25, -0.2) is 0 Å². The van der Waals surface area contributed by atoms with Crippen LogP contribution in [0.15, 0.2) is 0 Å². The molecular formula is H12O10SV. The van der Waals surface area contributed by atoms with Crippen LogP contribution in [0, 0.1) is 0 Å². The van der Waals surface area contributed by atoms with Gasteiger partial charge in [0.2, 0.25) is 0 Å². The van der Waals surface area contributed by atoms with Gasteiger partial charge in [-0.2, -0.15) is 8.42 Å². The molecule has 0 amide bonds. The second-order valence-electron chi connectivity index (χ2n) is 0.448. The first-order valence-electron chi connectivity index (χ1n) is 0.881. The van der Waals surface area contributed by atoms with Gasteiger partial charge in [0.1, 0.15) is 0 Å². The molecule has 0 fully saturated rings. The Bertz CT molecular complexity index is 104. The molecule has 0 atom stereocenters. The molecule has 10 nitrogen and oxygen atoms in total. The molecule has 0 rings (SSSR count). The summed E-state index contributed by atoms with van der Waals surface area (Å²) < 4.78 is 39.8. The molecule has 12 heavy (non-hydrogen) atoms. The van der Waals surface area contributed by atoms with E-state index in [0.717, 1.165) is 17.4 Å². The molecule has 12 N–H and O–H groups in total. The third-order valence-electron chi connectivity index (χ3n) is 0. The summed E-state index contributed by atoms with van der Waals surface area (Å²) in [6.07, 6.45) is 0. The van der Waals surface area contributed by atoms with Gasteiger partial charge in [0.15, 0.2) is 0 Å². The molecule has 0 unspecified atom stereocenters. The molecule has 0 bridgehead atoms. The molecule has 0 heterocycles. The Labute approximate surface area is 76.9 Å². The van der Waals surface area contributed by atoms with Crippen LogP contribution in [0.25, 0.3) is 0 Å². The average molecular weight is 255 g/mol. The average Bonchev–Trinajstić information content (AvgIpc) is 1.36. The number of hydrogen-bond donors (Lipinski definition) is 2. The molecule has 0 saturated carbocycles. The van der Waals surface area contributed by atoms with Crippen LogP contribution in [0.3, 0.4) is 0 Å². The van der Waals surface area contributed by atoms with Crippen LogP contribution in [0.2, 0.25) is 0 Å². The summed E-state index contributed by atoms with van der Waals surface area (Å²) in [6.45, 7) is 0. The zero-order valence-electron chi connectivity index (χ0n) is 5.47. The van der Waals surface area contributed by atoms with Crippen molar-refractivity contribution < 1.29 is 65.9 Å². The summed E-state index contributed by atoms with van der Waals surface area (Å²) in [4.78, 5) is 0. The summed E-state index contributed by atoms with van der Waals surface area (Å²) in [6, 6.07) is 0. The standard InChI is InChI=1S/H2O4S.5H2O.O.V/c1-5(2,3)4;;;;;;;/h(H2,1,2,3,4);5*1H2;;. The van der Waals surface area contributed by atoms with Gasteiger partial charge in [-0.15, -0.1) is 0 Å². The van der Waals surface area contributed by atoms with Gasteiger partial charge in [0, 0.05) is 0 Å². The Kier molecular flexibility index (Phi) is 146. The fourth-order valence-electron chi connectivity index (χ4n) is 0. The topological polar surface area (TPSA) is 249 Å². The predicted molar refractivity (Wildman–Crippen MR) is 32.9 cm³/mol. The Morgan fingerprint density at radius 3 is 0.750 bits per heavy atom. The van der Waals surface area contributed by atoms with Crippen LogP contribution in [-0.4, -0.2) is 44.9 Å². The van der Waals surface area contributed by atoms with Crippen molar-refractivity contribution in [1.29, 1.82) is 0 Å². The van der Waals surface area contributed by atoms with E-state index in [4.69, 9.17) is 21.2 Å². The maximum absolute atomic E-state index is 8.74. The second-order valence-corrected chi connectivity index (χ2v) is 1.34. The van der Waals surface area contributed by atoms with Crippen molar-refractivity contribution in [2.24, 2.45) is 0 Å². The first kappa shape index (κ1) is 57.7. The summed E-state index contributed by atoms with van der Waals surface area (Å²) >= 11 is 1.06. The molecule has 0 aliphatic rings. The van der Waals surface area contributed by atoms with E-state index in [1.807, 2.05) is 0 Å². The van der Waals surface area contributed by atoms with Crippen LogP contribution in [0.1, 0.15) is 0 Å². The molecular weight excluding hydrogens is 243 g/mol. The zero-order chi connectivity index (χ0) is 6.50. The van der Waals surface area contributed by atoms with Crippen molar-refractivity contribution in [3.8, 4) is 0 Å². The Hall–Kier alpha value is 0.0544. The van der Waals surface area contributed by atoms with Crippen LogP contribution < -0.4 is 0 Å². The summed E-state index contributed by atoms with van der Waals surface area (Å²) in [5.74, 6) is 0. The van der Waals surface area contributed by atoms with Crippen LogP contribution in [-0.2, 0) is 31.4 Å². The normalized spacial score (nSPS) is 5.08. The van der Waals surface area contributed by atoms with Crippen molar-refractivity contribution in [1.82, 2.24) is 0 Å². The van der Waals surface area contributed by atoms with E-state index >= 15 is 0 Å². The molecule has 83 valence electrons. The zero-order valence-corrected chi connectivity index (χ0v) is 7.69. The van der Waals surface area contributed by atoms with E-state index in [1.54, 1.807) is 0 Å². The van der Waals surface area contributed by atoms with Crippen molar-refractivity contribution in [3.05, 3.63) is 0 Å². The van der Waals surface area contributed by atoms with Crippen LogP contribution in [0.5, 0.6) is 0 Å². The molecule has 0 saturated heterocycles. The molecule has 0 aromatic carbocycles. The molecule has 0 aromatic rings. The van der Waals surface area contributed by atoms with E-state index in [0.29, 0.717) is 0 Å². The van der Waals surface area contributed by atoms with Gasteiger partial charge < -0.3 is 27.4 Å². The molecule has 0 aromatic heterocycles. The molecule has 0 spiro atoms. The third-order valence-corrected chi connectivity index (χ3v) is 0. The molecule has 0 radical (unpaired) electrons. The van der Waals surface area contributed by atoms with Gasteiger partial charge in [-0.05, 0) is 0 Å². The van der Waals surface area contributed by atoms with E-state index in [2.05, 4.69) is 0 Å². The molecule has 0 aliphatic heterocycles. The molecule has 12 heteroatoms. The predicted octanol–water partition coefficient (Wildman–Crippen LogP) is -4.90. The van der Waals surface area contributed by atoms with Gasteiger partial charge in [0.25, 0.3) is 0 Å². The fourth-order valence-corrected chi connectivity index (χ4v) is 0. The van der Waals surface area contributed by atoms with Gasteiger partial charge in [-0.1, -0.05) is 0 Å². The van der Waals surface area contributed by atoms with Crippen LogP contribution in [0.4, 0.5) is 0 Å². The number of hydrogen-bond acceptors (Lipinski definition) is 3. The number of rotatable bonds is 0. The second kappa shape index (κ2) is 30.5. The van der Waals surface area contributed by atoms with Gasteiger partial charge >= 0.3 is 31.4 Å². The third kappa shape index (κ3) is 278000. The van der Waals surface area contributed by atoms with Gasteiger partial charge in [-0.3, -0.25) is 9.11 Å². The quantitative estimate of drug-likeness (QED) is 0.402. The Morgan fingerprint density at radius 1 is 0.750 bits per heavy atom.